The summed E-state index contributed by atoms with van der Waals surface area (Å²) in [6.45, 7) is 7.12. The van der Waals surface area contributed by atoms with Crippen molar-refractivity contribution in [3.63, 3.8) is 0 Å². The second-order valence-corrected chi connectivity index (χ2v) is 9.42. The standard InChI is InChI=1S/C22H27N3O3S/c1-16-12-18(3)20(13-17(16)2)15-23-24-22(26)19-8-7-9-21(14-19)29(27,28)25-10-5-4-6-11-25/h7-9,12-15H,4-6,10-11H2,1-3H3,(H,24,26)/b23-15-. The average molecular weight is 414 g/mol. The van der Waals surface area contributed by atoms with Crippen LogP contribution >= 0.6 is 0 Å². The summed E-state index contributed by atoms with van der Waals surface area (Å²) >= 11 is 0. The van der Waals surface area contributed by atoms with Crippen molar-refractivity contribution in [1.82, 2.24) is 9.73 Å². The number of aryl methyl sites for hydroxylation is 3. The van der Waals surface area contributed by atoms with Gasteiger partial charge in [-0.1, -0.05) is 18.6 Å². The first kappa shape index (κ1) is 21.2. The number of rotatable bonds is 5. The van der Waals surface area contributed by atoms with Crippen molar-refractivity contribution in [2.24, 2.45) is 5.10 Å². The second-order valence-electron chi connectivity index (χ2n) is 7.48. The fraction of sp³-hybridized carbons (Fsp3) is 0.364. The number of hydrogen-bond donors (Lipinski definition) is 1. The molecule has 1 heterocycles. The van der Waals surface area contributed by atoms with Gasteiger partial charge in [-0.2, -0.15) is 9.41 Å². The highest BCUT2D eigenvalue weighted by atomic mass is 32.2. The van der Waals surface area contributed by atoms with Crippen LogP contribution in [0.25, 0.3) is 0 Å². The Bertz CT molecular complexity index is 1040. The minimum Gasteiger partial charge on any atom is -0.267 e. The van der Waals surface area contributed by atoms with E-state index >= 15 is 0 Å². The zero-order valence-corrected chi connectivity index (χ0v) is 17.9. The summed E-state index contributed by atoms with van der Waals surface area (Å²) in [6, 6.07) is 10.2. The summed E-state index contributed by atoms with van der Waals surface area (Å²) < 4.78 is 27.1. The van der Waals surface area contributed by atoms with E-state index in [-0.39, 0.29) is 10.5 Å². The molecule has 0 spiro atoms. The molecule has 2 aromatic carbocycles. The zero-order valence-electron chi connectivity index (χ0n) is 17.1. The van der Waals surface area contributed by atoms with Crippen LogP contribution in [0, 0.1) is 20.8 Å². The molecule has 0 atom stereocenters. The lowest BCUT2D eigenvalue weighted by atomic mass is 10.0. The number of hydrazone groups is 1. The SMILES string of the molecule is Cc1cc(C)c(/C=N\NC(=O)c2cccc(S(=O)(=O)N3CCCCC3)c2)cc1C. The molecule has 1 fully saturated rings. The van der Waals surface area contributed by atoms with Gasteiger partial charge < -0.3 is 0 Å². The van der Waals surface area contributed by atoms with E-state index in [9.17, 15) is 13.2 Å². The summed E-state index contributed by atoms with van der Waals surface area (Å²) in [4.78, 5) is 12.6. The molecule has 0 aliphatic carbocycles. The summed E-state index contributed by atoms with van der Waals surface area (Å²) in [5.41, 5.74) is 7.10. The highest BCUT2D eigenvalue weighted by molar-refractivity contribution is 7.89. The van der Waals surface area contributed by atoms with Gasteiger partial charge in [0.15, 0.2) is 0 Å². The second kappa shape index (κ2) is 8.88. The molecular weight excluding hydrogens is 386 g/mol. The Morgan fingerprint density at radius 3 is 2.41 bits per heavy atom. The van der Waals surface area contributed by atoms with Crippen molar-refractivity contribution in [2.75, 3.05) is 13.1 Å². The molecule has 154 valence electrons. The molecule has 3 rings (SSSR count). The quantitative estimate of drug-likeness (QED) is 0.601. The topological polar surface area (TPSA) is 78.8 Å². The zero-order chi connectivity index (χ0) is 21.0. The highest BCUT2D eigenvalue weighted by Gasteiger charge is 2.26. The largest absolute Gasteiger partial charge is 0.271 e. The van der Waals surface area contributed by atoms with E-state index in [0.717, 1.165) is 36.0 Å². The molecule has 29 heavy (non-hydrogen) atoms. The van der Waals surface area contributed by atoms with Crippen molar-refractivity contribution in [3.05, 3.63) is 64.2 Å². The van der Waals surface area contributed by atoms with Crippen LogP contribution in [0.2, 0.25) is 0 Å². The highest BCUT2D eigenvalue weighted by Crippen LogP contribution is 2.21. The first-order valence-corrected chi connectivity index (χ1v) is 11.2. The minimum atomic E-state index is -3.58. The Labute approximate surface area is 172 Å². The van der Waals surface area contributed by atoms with E-state index in [1.165, 1.54) is 22.0 Å². The molecule has 0 unspecified atom stereocenters. The molecule has 1 amide bonds. The fourth-order valence-electron chi connectivity index (χ4n) is 3.40. The van der Waals surface area contributed by atoms with E-state index in [1.807, 2.05) is 19.9 Å². The number of carbonyl (C=O) groups excluding carboxylic acids is 1. The molecule has 0 aromatic heterocycles. The molecule has 0 saturated carbocycles. The summed E-state index contributed by atoms with van der Waals surface area (Å²) in [5.74, 6) is -0.446. The average Bonchev–Trinajstić information content (AvgIpc) is 2.72. The first-order chi connectivity index (χ1) is 13.8. The number of piperidine rings is 1. The number of sulfonamides is 1. The molecule has 2 aromatic rings. The smallest absolute Gasteiger partial charge is 0.267 e. The van der Waals surface area contributed by atoms with Gasteiger partial charge >= 0.3 is 0 Å². The number of hydrogen-bond acceptors (Lipinski definition) is 4. The van der Waals surface area contributed by atoms with E-state index < -0.39 is 15.9 Å². The molecule has 0 radical (unpaired) electrons. The molecular formula is C22H27N3O3S. The molecule has 6 nitrogen and oxygen atoms in total. The van der Waals surface area contributed by atoms with E-state index in [0.29, 0.717) is 13.1 Å². The predicted molar refractivity (Wildman–Crippen MR) is 115 cm³/mol. The van der Waals surface area contributed by atoms with Gasteiger partial charge in [0.1, 0.15) is 0 Å². The third-order valence-corrected chi connectivity index (χ3v) is 7.20. The number of amides is 1. The molecule has 1 aliphatic rings. The van der Waals surface area contributed by atoms with Gasteiger partial charge in [-0.25, -0.2) is 13.8 Å². The maximum Gasteiger partial charge on any atom is 0.271 e. The third-order valence-electron chi connectivity index (χ3n) is 5.30. The lowest BCUT2D eigenvalue weighted by Gasteiger charge is -2.25. The van der Waals surface area contributed by atoms with Gasteiger partial charge in [0.05, 0.1) is 11.1 Å². The molecule has 1 N–H and O–H groups in total. The monoisotopic (exact) mass is 413 g/mol. The summed E-state index contributed by atoms with van der Waals surface area (Å²) in [5, 5.41) is 4.05. The normalized spacial score (nSPS) is 15.6. The van der Waals surface area contributed by atoms with Crippen LogP contribution in [0.1, 0.15) is 51.9 Å². The van der Waals surface area contributed by atoms with Crippen LogP contribution < -0.4 is 5.43 Å². The van der Waals surface area contributed by atoms with Crippen molar-refractivity contribution in [1.29, 1.82) is 0 Å². The van der Waals surface area contributed by atoms with Gasteiger partial charge in [0.25, 0.3) is 5.91 Å². The Morgan fingerprint density at radius 1 is 1.00 bits per heavy atom. The summed E-state index contributed by atoms with van der Waals surface area (Å²) in [7, 11) is -3.58. The lowest BCUT2D eigenvalue weighted by molar-refractivity contribution is 0.0955. The molecule has 1 saturated heterocycles. The van der Waals surface area contributed by atoms with Crippen LogP contribution in [0.3, 0.4) is 0 Å². The Balaban J connectivity index is 1.73. The van der Waals surface area contributed by atoms with E-state index in [1.54, 1.807) is 18.3 Å². The van der Waals surface area contributed by atoms with Gasteiger partial charge in [-0.3, -0.25) is 4.79 Å². The molecule has 0 bridgehead atoms. The Morgan fingerprint density at radius 2 is 1.69 bits per heavy atom. The Kier molecular flexibility index (Phi) is 6.49. The van der Waals surface area contributed by atoms with Crippen LogP contribution in [-0.4, -0.2) is 37.9 Å². The summed E-state index contributed by atoms with van der Waals surface area (Å²) in [6.07, 6.45) is 4.39. The number of carbonyl (C=O) groups is 1. The van der Waals surface area contributed by atoms with Crippen molar-refractivity contribution < 1.29 is 13.2 Å². The van der Waals surface area contributed by atoms with Crippen LogP contribution in [0.4, 0.5) is 0 Å². The molecule has 7 heteroatoms. The number of nitrogens with zero attached hydrogens (tertiary/aromatic N) is 2. The lowest BCUT2D eigenvalue weighted by Crippen LogP contribution is -2.35. The number of benzene rings is 2. The maximum atomic E-state index is 12.8. The first-order valence-electron chi connectivity index (χ1n) is 9.80. The van der Waals surface area contributed by atoms with Gasteiger partial charge in [0, 0.05) is 18.7 Å². The van der Waals surface area contributed by atoms with Crippen molar-refractivity contribution in [3.8, 4) is 0 Å². The van der Waals surface area contributed by atoms with Gasteiger partial charge in [-0.15, -0.1) is 0 Å². The van der Waals surface area contributed by atoms with Crippen molar-refractivity contribution in [2.45, 2.75) is 44.9 Å². The van der Waals surface area contributed by atoms with Crippen LogP contribution in [-0.2, 0) is 10.0 Å². The fourth-order valence-corrected chi connectivity index (χ4v) is 4.96. The van der Waals surface area contributed by atoms with Crippen LogP contribution in [0.15, 0.2) is 46.4 Å². The predicted octanol–water partition coefficient (Wildman–Crippen LogP) is 3.55. The van der Waals surface area contributed by atoms with Gasteiger partial charge in [-0.05, 0) is 80.1 Å². The van der Waals surface area contributed by atoms with E-state index in [2.05, 4.69) is 23.5 Å². The van der Waals surface area contributed by atoms with Gasteiger partial charge in [0.2, 0.25) is 10.0 Å². The maximum absolute atomic E-state index is 12.8. The van der Waals surface area contributed by atoms with Crippen molar-refractivity contribution >= 4 is 22.1 Å². The minimum absolute atomic E-state index is 0.140. The third kappa shape index (κ3) is 4.92. The molecule has 1 aliphatic heterocycles. The number of nitrogens with one attached hydrogen (secondary N) is 1. The van der Waals surface area contributed by atoms with Crippen LogP contribution in [0.5, 0.6) is 0 Å². The van der Waals surface area contributed by atoms with E-state index in [4.69, 9.17) is 0 Å². The Hall–Kier alpha value is -2.51.